The summed E-state index contributed by atoms with van der Waals surface area (Å²) in [5, 5.41) is 0.561. The first-order chi connectivity index (χ1) is 16.3. The van der Waals surface area contributed by atoms with Gasteiger partial charge in [-0.3, -0.25) is 24.1 Å². The number of carbonyl (C=O) groups excluding carboxylic acids is 4. The fraction of sp³-hybridized carbons (Fsp3) is 0.385. The zero-order valence-corrected chi connectivity index (χ0v) is 19.6. The minimum Gasteiger partial charge on any atom is -0.426 e. The van der Waals surface area contributed by atoms with Crippen LogP contribution in [0.15, 0.2) is 42.5 Å². The molecule has 34 heavy (non-hydrogen) atoms. The normalized spacial score (nSPS) is 24.5. The molecule has 5 rings (SSSR count). The van der Waals surface area contributed by atoms with Crippen molar-refractivity contribution >= 4 is 46.7 Å². The van der Waals surface area contributed by atoms with Crippen molar-refractivity contribution in [2.24, 2.45) is 17.8 Å². The Morgan fingerprint density at radius 2 is 1.62 bits per heavy atom. The third-order valence-corrected chi connectivity index (χ3v) is 7.55. The largest absolute Gasteiger partial charge is 0.426 e. The third kappa shape index (κ3) is 3.88. The lowest BCUT2D eigenvalue weighted by Crippen LogP contribution is -2.30. The molecule has 0 N–H and O–H groups in total. The summed E-state index contributed by atoms with van der Waals surface area (Å²) >= 11 is 6.18. The van der Waals surface area contributed by atoms with Crippen LogP contribution in [0.5, 0.6) is 5.75 Å². The lowest BCUT2D eigenvalue weighted by atomic mass is 9.81. The van der Waals surface area contributed by atoms with E-state index >= 15 is 0 Å². The molecule has 3 aliphatic rings. The molecule has 176 valence electrons. The van der Waals surface area contributed by atoms with Gasteiger partial charge in [-0.15, -0.1) is 0 Å². The van der Waals surface area contributed by atoms with E-state index in [9.17, 15) is 19.2 Å². The number of amides is 3. The van der Waals surface area contributed by atoms with Gasteiger partial charge >= 0.3 is 5.97 Å². The summed E-state index contributed by atoms with van der Waals surface area (Å²) in [4.78, 5) is 53.7. The highest BCUT2D eigenvalue weighted by Gasteiger charge is 2.48. The summed E-state index contributed by atoms with van der Waals surface area (Å²) in [6.07, 6.45) is 3.52. The summed E-state index contributed by atoms with van der Waals surface area (Å²) in [6.45, 7) is 2.05. The Balaban J connectivity index is 1.25. The third-order valence-electron chi connectivity index (χ3n) is 7.14. The van der Waals surface area contributed by atoms with E-state index in [1.807, 2.05) is 13.0 Å². The average Bonchev–Trinajstić information content (AvgIpc) is 3.34. The topological polar surface area (TPSA) is 84.0 Å². The van der Waals surface area contributed by atoms with Crippen LogP contribution in [0.2, 0.25) is 5.02 Å². The van der Waals surface area contributed by atoms with Gasteiger partial charge in [0, 0.05) is 23.7 Å². The minimum atomic E-state index is -0.601. The van der Waals surface area contributed by atoms with E-state index in [0.717, 1.165) is 31.2 Å². The van der Waals surface area contributed by atoms with Crippen molar-refractivity contribution in [2.45, 2.75) is 39.0 Å². The van der Waals surface area contributed by atoms with Crippen LogP contribution in [0.4, 0.5) is 11.4 Å². The molecule has 2 aromatic rings. The molecule has 2 aromatic carbocycles. The smallest absolute Gasteiger partial charge is 0.316 e. The van der Waals surface area contributed by atoms with Gasteiger partial charge in [-0.2, -0.15) is 0 Å². The molecule has 8 heteroatoms. The minimum absolute atomic E-state index is 0.0580. The molecular weight excluding hydrogens is 456 g/mol. The molecule has 3 atom stereocenters. The van der Waals surface area contributed by atoms with Crippen LogP contribution in [0.3, 0.4) is 0 Å². The number of fused-ring (bicyclic) bond motifs is 1. The molecule has 1 saturated carbocycles. The van der Waals surface area contributed by atoms with Crippen LogP contribution >= 0.6 is 11.6 Å². The van der Waals surface area contributed by atoms with Gasteiger partial charge in [0.2, 0.25) is 17.7 Å². The highest BCUT2D eigenvalue weighted by molar-refractivity contribution is 6.31. The second-order valence-corrected chi connectivity index (χ2v) is 9.62. The number of halogens is 1. The molecule has 2 aliphatic heterocycles. The van der Waals surface area contributed by atoms with E-state index in [0.29, 0.717) is 22.1 Å². The molecule has 7 nitrogen and oxygen atoms in total. The van der Waals surface area contributed by atoms with Crippen molar-refractivity contribution in [3.63, 3.8) is 0 Å². The SMILES string of the molecule is Cc1c(Cl)cccc1N1C[C@H](C(=O)Oc2ccc(N3C(=O)[C@H]4CCCC[C@H]4C3=O)cc2)CC1=O. The van der Waals surface area contributed by atoms with Crippen molar-refractivity contribution in [2.75, 3.05) is 16.3 Å². The predicted molar refractivity (Wildman–Crippen MR) is 127 cm³/mol. The standard InChI is InChI=1S/C26H25ClN2O5/c1-15-21(27)7-4-8-22(15)28-14-16(13-23(28)30)26(33)34-18-11-9-17(10-12-18)29-24(31)19-5-2-3-6-20(19)25(29)32/h4,7-12,16,19-20H,2-3,5-6,13-14H2,1H3/t16-,19-,20+/m1/s1. The Labute approximate surface area is 202 Å². The zero-order valence-electron chi connectivity index (χ0n) is 18.8. The number of carbonyl (C=O) groups is 4. The van der Waals surface area contributed by atoms with Crippen LogP contribution in [-0.2, 0) is 19.2 Å². The first kappa shape index (κ1) is 22.6. The molecule has 0 bridgehead atoms. The van der Waals surface area contributed by atoms with Gasteiger partial charge in [0.1, 0.15) is 5.75 Å². The van der Waals surface area contributed by atoms with Crippen LogP contribution < -0.4 is 14.5 Å². The highest BCUT2D eigenvalue weighted by Crippen LogP contribution is 2.40. The highest BCUT2D eigenvalue weighted by atomic mass is 35.5. The molecule has 0 spiro atoms. The number of nitrogens with zero attached hydrogens (tertiary/aromatic N) is 2. The summed E-state index contributed by atoms with van der Waals surface area (Å²) in [6, 6.07) is 11.7. The Kier molecular flexibility index (Phi) is 5.90. The first-order valence-electron chi connectivity index (χ1n) is 11.6. The Hall–Kier alpha value is -3.19. The summed E-state index contributed by atoms with van der Waals surface area (Å²) in [7, 11) is 0. The van der Waals surface area contributed by atoms with Gasteiger partial charge in [-0.05, 0) is 61.7 Å². The van der Waals surface area contributed by atoms with E-state index in [2.05, 4.69) is 0 Å². The van der Waals surface area contributed by atoms with Crippen LogP contribution in [-0.4, -0.2) is 30.2 Å². The lowest BCUT2D eigenvalue weighted by Gasteiger charge is -2.19. The maximum Gasteiger partial charge on any atom is 0.316 e. The number of ether oxygens (including phenoxy) is 1. The van der Waals surface area contributed by atoms with Gasteiger partial charge in [-0.25, -0.2) is 0 Å². The van der Waals surface area contributed by atoms with Gasteiger partial charge < -0.3 is 9.64 Å². The lowest BCUT2D eigenvalue weighted by molar-refractivity contribution is -0.139. The van der Waals surface area contributed by atoms with Crippen molar-refractivity contribution in [1.29, 1.82) is 0 Å². The Morgan fingerprint density at radius 1 is 0.971 bits per heavy atom. The molecule has 0 radical (unpaired) electrons. The molecule has 3 fully saturated rings. The van der Waals surface area contributed by atoms with Crippen LogP contribution in [0, 0.1) is 24.7 Å². The van der Waals surface area contributed by atoms with Crippen molar-refractivity contribution in [3.8, 4) is 5.75 Å². The second kappa shape index (κ2) is 8.87. The number of benzene rings is 2. The molecule has 2 heterocycles. The quantitative estimate of drug-likeness (QED) is 0.370. The molecule has 3 amide bonds. The monoisotopic (exact) mass is 480 g/mol. The summed E-state index contributed by atoms with van der Waals surface area (Å²) in [5.41, 5.74) is 1.97. The maximum absolute atomic E-state index is 12.8. The van der Waals surface area contributed by atoms with Crippen molar-refractivity contribution in [3.05, 3.63) is 53.1 Å². The van der Waals surface area contributed by atoms with Crippen LogP contribution in [0.1, 0.15) is 37.7 Å². The van der Waals surface area contributed by atoms with E-state index in [1.165, 1.54) is 4.90 Å². The number of rotatable bonds is 4. The Morgan fingerprint density at radius 3 is 2.26 bits per heavy atom. The molecular formula is C26H25ClN2O5. The van der Waals surface area contributed by atoms with Gasteiger partial charge in [-0.1, -0.05) is 30.5 Å². The van der Waals surface area contributed by atoms with Gasteiger partial charge in [0.15, 0.2) is 0 Å². The van der Waals surface area contributed by atoms with E-state index in [1.54, 1.807) is 41.3 Å². The molecule has 2 saturated heterocycles. The zero-order chi connectivity index (χ0) is 24.0. The van der Waals surface area contributed by atoms with E-state index < -0.39 is 11.9 Å². The van der Waals surface area contributed by atoms with E-state index in [-0.39, 0.29) is 42.5 Å². The average molecular weight is 481 g/mol. The van der Waals surface area contributed by atoms with E-state index in [4.69, 9.17) is 16.3 Å². The second-order valence-electron chi connectivity index (χ2n) is 9.21. The number of hydrogen-bond donors (Lipinski definition) is 0. The number of hydrogen-bond acceptors (Lipinski definition) is 5. The number of imide groups is 1. The van der Waals surface area contributed by atoms with Gasteiger partial charge in [0.05, 0.1) is 23.4 Å². The van der Waals surface area contributed by atoms with Gasteiger partial charge in [0.25, 0.3) is 0 Å². The number of anilines is 2. The number of esters is 1. The predicted octanol–water partition coefficient (Wildman–Crippen LogP) is 4.29. The summed E-state index contributed by atoms with van der Waals surface area (Å²) in [5.74, 6) is -1.67. The maximum atomic E-state index is 12.8. The van der Waals surface area contributed by atoms with Crippen molar-refractivity contribution < 1.29 is 23.9 Å². The fourth-order valence-electron chi connectivity index (χ4n) is 5.27. The Bertz CT molecular complexity index is 1150. The molecule has 0 aromatic heterocycles. The molecule has 1 aliphatic carbocycles. The first-order valence-corrected chi connectivity index (χ1v) is 12.0. The summed E-state index contributed by atoms with van der Waals surface area (Å²) < 4.78 is 5.52. The van der Waals surface area contributed by atoms with Crippen LogP contribution in [0.25, 0.3) is 0 Å². The molecule has 0 unspecified atom stereocenters. The fourth-order valence-corrected chi connectivity index (χ4v) is 5.44. The van der Waals surface area contributed by atoms with Crippen molar-refractivity contribution in [1.82, 2.24) is 0 Å².